The number of ketones is 1. The molecule has 0 atom stereocenters. The highest BCUT2D eigenvalue weighted by atomic mass is 19.1. The van der Waals surface area contributed by atoms with Gasteiger partial charge in [0.2, 0.25) is 0 Å². The molecule has 0 saturated carbocycles. The van der Waals surface area contributed by atoms with Crippen molar-refractivity contribution in [3.8, 4) is 0 Å². The molecule has 0 saturated heterocycles. The number of para-hydroxylation sites is 1. The Morgan fingerprint density at radius 2 is 2.31 bits per heavy atom. The lowest BCUT2D eigenvalue weighted by molar-refractivity contribution is 0.0996. The van der Waals surface area contributed by atoms with E-state index in [0.29, 0.717) is 0 Å². The number of Topliss-reactive ketones (excluding diaryl/α,β-unsaturated/α-hetero) is 1. The normalized spacial score (nSPS) is 9.62. The molecule has 0 aliphatic rings. The molecule has 0 radical (unpaired) electrons. The van der Waals surface area contributed by atoms with Gasteiger partial charge in [-0.05, 0) is 12.1 Å². The van der Waals surface area contributed by atoms with Crippen LogP contribution in [0.1, 0.15) is 16.8 Å². The SMILES string of the molecule is C=CCC(=O)c1cccc(F)c1N. The van der Waals surface area contributed by atoms with Crippen molar-refractivity contribution >= 4 is 11.5 Å². The van der Waals surface area contributed by atoms with Crippen LogP contribution in [-0.4, -0.2) is 5.78 Å². The van der Waals surface area contributed by atoms with E-state index >= 15 is 0 Å². The predicted octanol–water partition coefficient (Wildman–Crippen LogP) is 2.17. The summed E-state index contributed by atoms with van der Waals surface area (Å²) in [5.41, 5.74) is 5.52. The van der Waals surface area contributed by atoms with Gasteiger partial charge in [-0.25, -0.2) is 4.39 Å². The maximum atomic E-state index is 12.9. The molecule has 0 aliphatic carbocycles. The molecule has 0 spiro atoms. The molecule has 0 fully saturated rings. The molecular formula is C10H10FNO. The number of allylic oxidation sites excluding steroid dienone is 1. The van der Waals surface area contributed by atoms with Crippen LogP contribution in [0.4, 0.5) is 10.1 Å². The van der Waals surface area contributed by atoms with Crippen LogP contribution in [0.3, 0.4) is 0 Å². The summed E-state index contributed by atoms with van der Waals surface area (Å²) in [5.74, 6) is -0.776. The van der Waals surface area contributed by atoms with Crippen LogP contribution in [0, 0.1) is 5.82 Å². The van der Waals surface area contributed by atoms with Crippen LogP contribution in [0.2, 0.25) is 0 Å². The van der Waals surface area contributed by atoms with E-state index in [4.69, 9.17) is 5.73 Å². The second-order valence-corrected chi connectivity index (χ2v) is 2.62. The summed E-state index contributed by atoms with van der Waals surface area (Å²) in [4.78, 5) is 11.3. The van der Waals surface area contributed by atoms with Crippen molar-refractivity contribution in [2.45, 2.75) is 6.42 Å². The van der Waals surface area contributed by atoms with Gasteiger partial charge >= 0.3 is 0 Å². The van der Waals surface area contributed by atoms with Crippen molar-refractivity contribution < 1.29 is 9.18 Å². The lowest BCUT2D eigenvalue weighted by atomic mass is 10.1. The quantitative estimate of drug-likeness (QED) is 0.439. The Bertz CT molecular complexity index is 347. The summed E-state index contributed by atoms with van der Waals surface area (Å²) in [5, 5.41) is 0. The van der Waals surface area contributed by atoms with Crippen molar-refractivity contribution in [2.24, 2.45) is 0 Å². The van der Waals surface area contributed by atoms with Crippen LogP contribution in [0.25, 0.3) is 0 Å². The molecule has 0 aromatic heterocycles. The Hall–Kier alpha value is -1.64. The van der Waals surface area contributed by atoms with Crippen molar-refractivity contribution in [3.63, 3.8) is 0 Å². The fraction of sp³-hybridized carbons (Fsp3) is 0.100. The Labute approximate surface area is 75.9 Å². The van der Waals surface area contributed by atoms with E-state index in [0.717, 1.165) is 0 Å². The van der Waals surface area contributed by atoms with Gasteiger partial charge in [0.1, 0.15) is 5.82 Å². The summed E-state index contributed by atoms with van der Waals surface area (Å²) < 4.78 is 12.9. The van der Waals surface area contributed by atoms with Gasteiger partial charge in [0.15, 0.2) is 5.78 Å². The molecular weight excluding hydrogens is 169 g/mol. The topological polar surface area (TPSA) is 43.1 Å². The average Bonchev–Trinajstić information content (AvgIpc) is 2.10. The molecule has 2 nitrogen and oxygen atoms in total. The van der Waals surface area contributed by atoms with Crippen LogP contribution < -0.4 is 5.73 Å². The van der Waals surface area contributed by atoms with Crippen LogP contribution in [0.15, 0.2) is 30.9 Å². The van der Waals surface area contributed by atoms with Gasteiger partial charge in [-0.2, -0.15) is 0 Å². The highest BCUT2D eigenvalue weighted by Crippen LogP contribution is 2.17. The first-order chi connectivity index (χ1) is 6.16. The van der Waals surface area contributed by atoms with E-state index in [2.05, 4.69) is 6.58 Å². The monoisotopic (exact) mass is 179 g/mol. The number of benzene rings is 1. The molecule has 1 rings (SSSR count). The van der Waals surface area contributed by atoms with Gasteiger partial charge in [-0.15, -0.1) is 6.58 Å². The maximum Gasteiger partial charge on any atom is 0.168 e. The van der Waals surface area contributed by atoms with Crippen molar-refractivity contribution in [1.29, 1.82) is 0 Å². The molecule has 0 amide bonds. The minimum absolute atomic E-state index is 0.0886. The van der Waals surface area contributed by atoms with E-state index in [1.54, 1.807) is 0 Å². The largest absolute Gasteiger partial charge is 0.396 e. The number of halogens is 1. The zero-order valence-electron chi connectivity index (χ0n) is 7.09. The molecule has 1 aromatic carbocycles. The van der Waals surface area contributed by atoms with Gasteiger partial charge in [-0.3, -0.25) is 4.79 Å². The summed E-state index contributed by atoms with van der Waals surface area (Å²) in [6.45, 7) is 3.42. The lowest BCUT2D eigenvalue weighted by Gasteiger charge is -2.02. The molecule has 0 aliphatic heterocycles. The molecule has 68 valence electrons. The summed E-state index contributed by atoms with van der Waals surface area (Å²) >= 11 is 0. The second-order valence-electron chi connectivity index (χ2n) is 2.62. The number of carbonyl (C=O) groups is 1. The third kappa shape index (κ3) is 1.93. The molecule has 0 bridgehead atoms. The van der Waals surface area contributed by atoms with Gasteiger partial charge < -0.3 is 5.73 Å². The van der Waals surface area contributed by atoms with Gasteiger partial charge in [0.25, 0.3) is 0 Å². The summed E-state index contributed by atoms with van der Waals surface area (Å²) in [6.07, 6.45) is 1.64. The summed E-state index contributed by atoms with van der Waals surface area (Å²) in [7, 11) is 0. The molecule has 0 unspecified atom stereocenters. The van der Waals surface area contributed by atoms with Crippen molar-refractivity contribution in [2.75, 3.05) is 5.73 Å². The number of rotatable bonds is 3. The van der Waals surface area contributed by atoms with Crippen LogP contribution >= 0.6 is 0 Å². The second kappa shape index (κ2) is 3.85. The van der Waals surface area contributed by atoms with Gasteiger partial charge in [0.05, 0.1) is 5.69 Å². The number of carbonyl (C=O) groups excluding carboxylic acids is 1. The van der Waals surface area contributed by atoms with Gasteiger partial charge in [-0.1, -0.05) is 12.1 Å². The van der Waals surface area contributed by atoms with Crippen molar-refractivity contribution in [3.05, 3.63) is 42.2 Å². The fourth-order valence-electron chi connectivity index (χ4n) is 1.02. The molecule has 0 heterocycles. The minimum Gasteiger partial charge on any atom is -0.396 e. The Morgan fingerprint density at radius 1 is 1.62 bits per heavy atom. The molecule has 13 heavy (non-hydrogen) atoms. The van der Waals surface area contributed by atoms with E-state index in [9.17, 15) is 9.18 Å². The lowest BCUT2D eigenvalue weighted by Crippen LogP contribution is -2.04. The first kappa shape index (κ1) is 9.45. The zero-order valence-corrected chi connectivity index (χ0v) is 7.09. The number of nitrogens with two attached hydrogens (primary N) is 1. The Morgan fingerprint density at radius 3 is 2.92 bits per heavy atom. The van der Waals surface area contributed by atoms with E-state index in [1.807, 2.05) is 0 Å². The maximum absolute atomic E-state index is 12.9. The van der Waals surface area contributed by atoms with E-state index < -0.39 is 5.82 Å². The average molecular weight is 179 g/mol. The zero-order chi connectivity index (χ0) is 9.84. The van der Waals surface area contributed by atoms with E-state index in [-0.39, 0.29) is 23.5 Å². The standard InChI is InChI=1S/C10H10FNO/c1-2-4-9(13)7-5-3-6-8(11)10(7)12/h2-3,5-6H,1,4,12H2. The first-order valence-electron chi connectivity index (χ1n) is 3.85. The van der Waals surface area contributed by atoms with Gasteiger partial charge in [0, 0.05) is 12.0 Å². The fourth-order valence-corrected chi connectivity index (χ4v) is 1.02. The van der Waals surface area contributed by atoms with Crippen molar-refractivity contribution in [1.82, 2.24) is 0 Å². The van der Waals surface area contributed by atoms with E-state index in [1.165, 1.54) is 24.3 Å². The summed E-state index contributed by atoms with van der Waals surface area (Å²) in [6, 6.07) is 4.19. The third-order valence-electron chi connectivity index (χ3n) is 1.68. The first-order valence-corrected chi connectivity index (χ1v) is 3.85. The Kier molecular flexibility index (Phi) is 2.80. The number of nitrogen functional groups attached to an aromatic ring is 1. The number of hydrogen-bond donors (Lipinski definition) is 1. The minimum atomic E-state index is -0.560. The third-order valence-corrected chi connectivity index (χ3v) is 1.68. The number of anilines is 1. The molecule has 2 N–H and O–H groups in total. The molecule has 3 heteroatoms. The highest BCUT2D eigenvalue weighted by Gasteiger charge is 2.10. The van der Waals surface area contributed by atoms with Crippen LogP contribution in [-0.2, 0) is 0 Å². The Balaban J connectivity index is 3.07. The highest BCUT2D eigenvalue weighted by molar-refractivity contribution is 6.01. The van der Waals surface area contributed by atoms with Crippen LogP contribution in [0.5, 0.6) is 0 Å². The smallest absolute Gasteiger partial charge is 0.168 e. The molecule has 1 aromatic rings. The predicted molar refractivity (Wildman–Crippen MR) is 50.0 cm³/mol. The number of hydrogen-bond acceptors (Lipinski definition) is 2.